The fraction of sp³-hybridized carbons (Fsp3) is 0.318. The first-order chi connectivity index (χ1) is 14.7. The Balaban J connectivity index is 1.63. The van der Waals surface area contributed by atoms with E-state index < -0.39 is 20.5 Å². The fourth-order valence-electron chi connectivity index (χ4n) is 3.75. The second kappa shape index (κ2) is 8.50. The number of hydrogen-bond donors (Lipinski definition) is 1. The molecule has 4 rings (SSSR count). The zero-order chi connectivity index (χ0) is 22.2. The van der Waals surface area contributed by atoms with Crippen LogP contribution < -0.4 is 5.32 Å². The van der Waals surface area contributed by atoms with Gasteiger partial charge < -0.3 is 10.2 Å². The molecule has 1 aliphatic carbocycles. The molecule has 1 N–H and O–H groups in total. The van der Waals surface area contributed by atoms with Gasteiger partial charge in [0.05, 0.1) is 33.2 Å². The highest BCUT2D eigenvalue weighted by Gasteiger charge is 2.46. The van der Waals surface area contributed by atoms with Crippen molar-refractivity contribution in [1.29, 1.82) is 0 Å². The van der Waals surface area contributed by atoms with Crippen molar-refractivity contribution in [3.05, 3.63) is 74.9 Å². The van der Waals surface area contributed by atoms with Crippen LogP contribution >= 0.6 is 22.9 Å². The molecule has 1 saturated carbocycles. The van der Waals surface area contributed by atoms with E-state index >= 15 is 0 Å². The quantitative estimate of drug-likeness (QED) is 0.488. The van der Waals surface area contributed by atoms with E-state index in [0.717, 1.165) is 24.9 Å². The van der Waals surface area contributed by atoms with Crippen molar-refractivity contribution >= 4 is 38.5 Å². The molecule has 9 heteroatoms. The molecule has 3 aromatic rings. The molecular formula is C22H23ClFN3O2S2. The molecule has 2 aromatic carbocycles. The van der Waals surface area contributed by atoms with Crippen molar-refractivity contribution < 1.29 is 12.8 Å². The Labute approximate surface area is 190 Å². The Morgan fingerprint density at radius 3 is 2.65 bits per heavy atom. The van der Waals surface area contributed by atoms with Gasteiger partial charge in [-0.1, -0.05) is 35.9 Å². The van der Waals surface area contributed by atoms with Crippen molar-refractivity contribution in [2.75, 3.05) is 19.4 Å². The molecule has 1 aromatic heterocycles. The second-order valence-electron chi connectivity index (χ2n) is 8.10. The lowest BCUT2D eigenvalue weighted by Gasteiger charge is -2.24. The predicted octanol–water partition coefficient (Wildman–Crippen LogP) is 5.07. The Kier molecular flexibility index (Phi) is 6.09. The molecule has 5 nitrogen and oxygen atoms in total. The molecule has 1 fully saturated rings. The maximum atomic E-state index is 14.9. The van der Waals surface area contributed by atoms with Crippen LogP contribution in [0.3, 0.4) is 0 Å². The molecule has 0 atom stereocenters. The highest BCUT2D eigenvalue weighted by molar-refractivity contribution is 7.90. The Morgan fingerprint density at radius 1 is 1.26 bits per heavy atom. The Bertz CT molecular complexity index is 1190. The van der Waals surface area contributed by atoms with Gasteiger partial charge in [0.25, 0.3) is 0 Å². The van der Waals surface area contributed by atoms with Crippen LogP contribution in [0.5, 0.6) is 0 Å². The largest absolute Gasteiger partial charge is 0.374 e. The van der Waals surface area contributed by atoms with Gasteiger partial charge >= 0.3 is 0 Å². The SMILES string of the molecule is CN(C)Cc1ccccc1C1(Nc2cc(F)c(S(=O)(=O)Cc3cscn3)cc2Cl)CC1. The van der Waals surface area contributed by atoms with E-state index in [1.807, 2.05) is 26.2 Å². The van der Waals surface area contributed by atoms with Gasteiger partial charge in [-0.3, -0.25) is 0 Å². The number of anilines is 1. The molecule has 1 aliphatic rings. The summed E-state index contributed by atoms with van der Waals surface area (Å²) < 4.78 is 40.3. The zero-order valence-corrected chi connectivity index (χ0v) is 19.6. The molecule has 1 heterocycles. The summed E-state index contributed by atoms with van der Waals surface area (Å²) in [4.78, 5) is 5.68. The van der Waals surface area contributed by atoms with E-state index in [0.29, 0.717) is 11.4 Å². The third-order valence-corrected chi connectivity index (χ3v) is 7.93. The number of aromatic nitrogens is 1. The summed E-state index contributed by atoms with van der Waals surface area (Å²) in [7, 11) is 0.127. The van der Waals surface area contributed by atoms with Gasteiger partial charge in [-0.15, -0.1) is 11.3 Å². The Morgan fingerprint density at radius 2 is 2.00 bits per heavy atom. The lowest BCUT2D eigenvalue weighted by molar-refractivity contribution is 0.399. The summed E-state index contributed by atoms with van der Waals surface area (Å²) in [5, 5.41) is 5.21. The summed E-state index contributed by atoms with van der Waals surface area (Å²) in [5.74, 6) is -1.18. The lowest BCUT2D eigenvalue weighted by Crippen LogP contribution is -2.23. The molecule has 164 valence electrons. The van der Waals surface area contributed by atoms with Gasteiger partial charge in [-0.25, -0.2) is 17.8 Å². The summed E-state index contributed by atoms with van der Waals surface area (Å²) in [5.41, 5.74) is 4.34. The van der Waals surface area contributed by atoms with Crippen LogP contribution in [0.1, 0.15) is 29.7 Å². The standard InChI is InChI=1S/C22H23ClFN3O2S2/c1-27(2)11-15-5-3-4-6-17(15)22(7-8-22)26-20-10-19(24)21(9-18(20)23)31(28,29)13-16-12-30-14-25-16/h3-6,9-10,12,14,26H,7-8,11,13H2,1-2H3. The minimum Gasteiger partial charge on any atom is -0.374 e. The first-order valence-corrected chi connectivity index (χ1v) is 12.8. The van der Waals surface area contributed by atoms with Crippen molar-refractivity contribution in [2.45, 2.75) is 35.6 Å². The molecule has 0 spiro atoms. The van der Waals surface area contributed by atoms with E-state index in [9.17, 15) is 12.8 Å². The first kappa shape index (κ1) is 22.2. The third-order valence-electron chi connectivity index (χ3n) is 5.32. The van der Waals surface area contributed by atoms with Crippen molar-refractivity contribution in [3.8, 4) is 0 Å². The maximum Gasteiger partial charge on any atom is 0.187 e. The highest BCUT2D eigenvalue weighted by Crippen LogP contribution is 2.50. The molecule has 0 amide bonds. The van der Waals surface area contributed by atoms with Gasteiger partial charge in [0, 0.05) is 11.9 Å². The number of rotatable bonds is 8. The van der Waals surface area contributed by atoms with Crippen LogP contribution in [0, 0.1) is 5.82 Å². The van der Waals surface area contributed by atoms with Crippen LogP contribution in [-0.2, 0) is 27.7 Å². The normalized spacial score (nSPS) is 15.3. The van der Waals surface area contributed by atoms with E-state index in [2.05, 4.69) is 27.3 Å². The lowest BCUT2D eigenvalue weighted by atomic mass is 9.97. The van der Waals surface area contributed by atoms with Crippen LogP contribution in [0.15, 0.2) is 52.2 Å². The molecule has 0 bridgehead atoms. The number of nitrogens with zero attached hydrogens (tertiary/aromatic N) is 2. The molecule has 0 saturated heterocycles. The number of benzene rings is 2. The van der Waals surface area contributed by atoms with E-state index in [1.165, 1.54) is 29.0 Å². The van der Waals surface area contributed by atoms with E-state index in [-0.39, 0.29) is 16.3 Å². The first-order valence-electron chi connectivity index (χ1n) is 9.80. The second-order valence-corrected chi connectivity index (χ2v) is 11.2. The van der Waals surface area contributed by atoms with Crippen molar-refractivity contribution in [3.63, 3.8) is 0 Å². The van der Waals surface area contributed by atoms with Crippen LogP contribution in [0.2, 0.25) is 5.02 Å². The summed E-state index contributed by atoms with van der Waals surface area (Å²) >= 11 is 7.71. The average Bonchev–Trinajstić information content (AvgIpc) is 3.30. The van der Waals surface area contributed by atoms with Gasteiger partial charge in [0.15, 0.2) is 9.84 Å². The van der Waals surface area contributed by atoms with Crippen molar-refractivity contribution in [1.82, 2.24) is 9.88 Å². The van der Waals surface area contributed by atoms with Gasteiger partial charge in [0.2, 0.25) is 0 Å². The number of halogens is 2. The topological polar surface area (TPSA) is 62.3 Å². The molecule has 0 aliphatic heterocycles. The number of nitrogens with one attached hydrogen (secondary N) is 1. The highest BCUT2D eigenvalue weighted by atomic mass is 35.5. The summed E-state index contributed by atoms with van der Waals surface area (Å²) in [6, 6.07) is 10.6. The average molecular weight is 480 g/mol. The molecule has 31 heavy (non-hydrogen) atoms. The summed E-state index contributed by atoms with van der Waals surface area (Å²) in [6.45, 7) is 0.787. The smallest absolute Gasteiger partial charge is 0.187 e. The monoisotopic (exact) mass is 479 g/mol. The van der Waals surface area contributed by atoms with E-state index in [4.69, 9.17) is 11.6 Å². The zero-order valence-electron chi connectivity index (χ0n) is 17.2. The number of thiazole rings is 1. The molecule has 0 radical (unpaired) electrons. The fourth-order valence-corrected chi connectivity index (χ4v) is 6.05. The number of hydrogen-bond acceptors (Lipinski definition) is 6. The van der Waals surface area contributed by atoms with Gasteiger partial charge in [0.1, 0.15) is 10.7 Å². The van der Waals surface area contributed by atoms with Gasteiger partial charge in [-0.05, 0) is 50.2 Å². The van der Waals surface area contributed by atoms with Crippen LogP contribution in [0.25, 0.3) is 0 Å². The predicted molar refractivity (Wildman–Crippen MR) is 123 cm³/mol. The summed E-state index contributed by atoms with van der Waals surface area (Å²) in [6.07, 6.45) is 1.78. The Hall–Kier alpha value is -2.00. The van der Waals surface area contributed by atoms with E-state index in [1.54, 1.807) is 10.9 Å². The maximum absolute atomic E-state index is 14.9. The molecular weight excluding hydrogens is 457 g/mol. The number of sulfone groups is 1. The minimum atomic E-state index is -3.90. The van der Waals surface area contributed by atoms with Crippen LogP contribution in [0.4, 0.5) is 10.1 Å². The van der Waals surface area contributed by atoms with Gasteiger partial charge in [-0.2, -0.15) is 0 Å². The van der Waals surface area contributed by atoms with Crippen LogP contribution in [-0.4, -0.2) is 32.4 Å². The minimum absolute atomic E-state index is 0.176. The van der Waals surface area contributed by atoms with Crippen molar-refractivity contribution in [2.24, 2.45) is 0 Å². The molecule has 0 unspecified atom stereocenters. The third kappa shape index (κ3) is 4.77.